The third kappa shape index (κ3) is 5.11. The molecule has 0 bridgehead atoms. The summed E-state index contributed by atoms with van der Waals surface area (Å²) in [5.41, 5.74) is 1.95. The highest BCUT2D eigenvalue weighted by molar-refractivity contribution is 7.89. The Morgan fingerprint density at radius 3 is 2.41 bits per heavy atom. The van der Waals surface area contributed by atoms with Gasteiger partial charge in [0.1, 0.15) is 11.3 Å². The van der Waals surface area contributed by atoms with Gasteiger partial charge in [-0.3, -0.25) is 10.1 Å². The molecule has 0 radical (unpaired) electrons. The number of amides is 1. The summed E-state index contributed by atoms with van der Waals surface area (Å²) in [6, 6.07) is 21.0. The maximum atomic E-state index is 13.1. The Morgan fingerprint density at radius 1 is 1.00 bits per heavy atom. The third-order valence-corrected chi connectivity index (χ3v) is 8.08. The number of nitrogens with one attached hydrogen (secondary N) is 1. The number of sulfonamides is 1. The van der Waals surface area contributed by atoms with E-state index in [-0.39, 0.29) is 17.3 Å². The second-order valence-electron chi connectivity index (χ2n) is 7.45. The lowest BCUT2D eigenvalue weighted by Gasteiger charge is -2.20. The average Bonchev–Trinajstić information content (AvgIpc) is 3.26. The Morgan fingerprint density at radius 2 is 1.74 bits per heavy atom. The molecule has 0 spiro atoms. The van der Waals surface area contributed by atoms with Crippen LogP contribution in [0, 0.1) is 0 Å². The lowest BCUT2D eigenvalue weighted by atomic mass is 10.2. The van der Waals surface area contributed by atoms with Crippen molar-refractivity contribution in [3.8, 4) is 5.75 Å². The van der Waals surface area contributed by atoms with Gasteiger partial charge in [0.2, 0.25) is 10.0 Å². The Balaban J connectivity index is 1.50. The maximum Gasteiger partial charge on any atom is 0.257 e. The zero-order valence-electron chi connectivity index (χ0n) is 18.9. The molecule has 0 aliphatic heterocycles. The number of carbonyl (C=O) groups is 1. The summed E-state index contributed by atoms with van der Waals surface area (Å²) >= 11 is 1.35. The minimum atomic E-state index is -3.70. The van der Waals surface area contributed by atoms with Gasteiger partial charge >= 0.3 is 0 Å². The van der Waals surface area contributed by atoms with Crippen LogP contribution in [0.25, 0.3) is 10.2 Å². The van der Waals surface area contributed by atoms with Crippen molar-refractivity contribution in [3.63, 3.8) is 0 Å². The van der Waals surface area contributed by atoms with Crippen molar-refractivity contribution in [2.24, 2.45) is 0 Å². The maximum absolute atomic E-state index is 13.1. The standard InChI is InChI=1S/C25H25N3O4S2/c1-3-28(17-18-9-6-5-7-10-18)34(30,31)20-15-13-19(14-16-20)24(29)27-25-26-23-21(32-4-2)11-8-12-22(23)33-25/h5-16H,3-4,17H2,1-2H3,(H,26,27,29). The van der Waals surface area contributed by atoms with Gasteiger partial charge in [0.25, 0.3) is 5.91 Å². The molecule has 0 fully saturated rings. The van der Waals surface area contributed by atoms with Gasteiger partial charge in [-0.1, -0.05) is 54.7 Å². The van der Waals surface area contributed by atoms with Crippen molar-refractivity contribution >= 4 is 42.6 Å². The van der Waals surface area contributed by atoms with Gasteiger partial charge in [-0.15, -0.1) is 0 Å². The van der Waals surface area contributed by atoms with Crippen LogP contribution in [0.2, 0.25) is 0 Å². The van der Waals surface area contributed by atoms with Crippen molar-refractivity contribution in [1.82, 2.24) is 9.29 Å². The number of thiazole rings is 1. The van der Waals surface area contributed by atoms with Gasteiger partial charge in [-0.25, -0.2) is 13.4 Å². The summed E-state index contributed by atoms with van der Waals surface area (Å²) < 4.78 is 34.2. The van der Waals surface area contributed by atoms with Crippen LogP contribution in [-0.2, 0) is 16.6 Å². The first-order chi connectivity index (χ1) is 16.4. The predicted octanol–water partition coefficient (Wildman–Crippen LogP) is 5.16. The summed E-state index contributed by atoms with van der Waals surface area (Å²) in [5, 5.41) is 3.24. The highest BCUT2D eigenvalue weighted by Crippen LogP contribution is 2.32. The number of benzene rings is 3. The quantitative estimate of drug-likeness (QED) is 0.347. The summed E-state index contributed by atoms with van der Waals surface area (Å²) in [4.78, 5) is 17.4. The molecular formula is C25H25N3O4S2. The summed E-state index contributed by atoms with van der Waals surface area (Å²) in [6.45, 7) is 4.84. The molecule has 7 nitrogen and oxygen atoms in total. The van der Waals surface area contributed by atoms with E-state index in [0.717, 1.165) is 10.3 Å². The normalized spacial score (nSPS) is 11.6. The second-order valence-corrected chi connectivity index (χ2v) is 10.4. The van der Waals surface area contributed by atoms with Crippen molar-refractivity contribution in [1.29, 1.82) is 0 Å². The van der Waals surface area contributed by atoms with Crippen LogP contribution in [-0.4, -0.2) is 36.8 Å². The van der Waals surface area contributed by atoms with Crippen LogP contribution in [0.15, 0.2) is 77.7 Å². The average molecular weight is 496 g/mol. The molecule has 0 aliphatic carbocycles. The molecule has 34 heavy (non-hydrogen) atoms. The van der Waals surface area contributed by atoms with E-state index in [1.54, 1.807) is 6.92 Å². The van der Waals surface area contributed by atoms with Crippen LogP contribution in [0.5, 0.6) is 5.75 Å². The number of aromatic nitrogens is 1. The van der Waals surface area contributed by atoms with E-state index < -0.39 is 10.0 Å². The smallest absolute Gasteiger partial charge is 0.257 e. The van der Waals surface area contributed by atoms with Gasteiger partial charge in [-0.2, -0.15) is 4.31 Å². The topological polar surface area (TPSA) is 88.6 Å². The van der Waals surface area contributed by atoms with E-state index in [1.807, 2.05) is 55.5 Å². The number of anilines is 1. The predicted molar refractivity (Wildman–Crippen MR) is 135 cm³/mol. The molecule has 1 heterocycles. The molecule has 4 aromatic rings. The number of ether oxygens (including phenoxy) is 1. The minimum Gasteiger partial charge on any atom is -0.492 e. The SMILES string of the molecule is CCOc1cccc2sc(NC(=O)c3ccc(S(=O)(=O)N(CC)Cc4ccccc4)cc3)nc12. The molecular weight excluding hydrogens is 470 g/mol. The molecule has 176 valence electrons. The Hall–Kier alpha value is -3.27. The zero-order valence-corrected chi connectivity index (χ0v) is 20.5. The Labute approximate surface area is 203 Å². The number of nitrogens with zero attached hydrogens (tertiary/aromatic N) is 2. The van der Waals surface area contributed by atoms with E-state index in [0.29, 0.717) is 35.1 Å². The van der Waals surface area contributed by atoms with Crippen LogP contribution in [0.1, 0.15) is 29.8 Å². The van der Waals surface area contributed by atoms with Gasteiger partial charge in [0.05, 0.1) is 16.2 Å². The first kappa shape index (κ1) is 23.9. The first-order valence-corrected chi connectivity index (χ1v) is 13.2. The number of carbonyl (C=O) groups excluding carboxylic acids is 1. The number of fused-ring (bicyclic) bond motifs is 1. The van der Waals surface area contributed by atoms with E-state index in [1.165, 1.54) is 39.9 Å². The molecule has 0 unspecified atom stereocenters. The fourth-order valence-electron chi connectivity index (χ4n) is 3.50. The van der Waals surface area contributed by atoms with Crippen LogP contribution in [0.4, 0.5) is 5.13 Å². The summed E-state index contributed by atoms with van der Waals surface area (Å²) in [7, 11) is -3.70. The lowest BCUT2D eigenvalue weighted by Crippen LogP contribution is -2.30. The molecule has 0 saturated heterocycles. The number of para-hydroxylation sites is 1. The fraction of sp³-hybridized carbons (Fsp3) is 0.200. The van der Waals surface area contributed by atoms with Crippen LogP contribution in [0.3, 0.4) is 0 Å². The number of hydrogen-bond acceptors (Lipinski definition) is 6. The Kier molecular flexibility index (Phi) is 7.26. The Bertz CT molecular complexity index is 1380. The van der Waals surface area contributed by atoms with Crippen LogP contribution < -0.4 is 10.1 Å². The molecule has 0 saturated carbocycles. The highest BCUT2D eigenvalue weighted by Gasteiger charge is 2.23. The number of rotatable bonds is 9. The molecule has 1 aromatic heterocycles. The van der Waals surface area contributed by atoms with E-state index in [9.17, 15) is 13.2 Å². The molecule has 4 rings (SSSR count). The van der Waals surface area contributed by atoms with E-state index >= 15 is 0 Å². The van der Waals surface area contributed by atoms with E-state index in [4.69, 9.17) is 4.74 Å². The van der Waals surface area contributed by atoms with Gasteiger partial charge in [0.15, 0.2) is 5.13 Å². The minimum absolute atomic E-state index is 0.142. The van der Waals surface area contributed by atoms with Crippen molar-refractivity contribution in [3.05, 3.63) is 83.9 Å². The van der Waals surface area contributed by atoms with Crippen molar-refractivity contribution < 1.29 is 17.9 Å². The largest absolute Gasteiger partial charge is 0.492 e. The van der Waals surface area contributed by atoms with Crippen molar-refractivity contribution in [2.75, 3.05) is 18.5 Å². The monoisotopic (exact) mass is 495 g/mol. The highest BCUT2D eigenvalue weighted by atomic mass is 32.2. The van der Waals surface area contributed by atoms with E-state index in [2.05, 4.69) is 10.3 Å². The van der Waals surface area contributed by atoms with Crippen LogP contribution >= 0.6 is 11.3 Å². The zero-order chi connectivity index (χ0) is 24.1. The second kappa shape index (κ2) is 10.3. The molecule has 9 heteroatoms. The fourth-order valence-corrected chi connectivity index (χ4v) is 5.81. The van der Waals surface area contributed by atoms with Gasteiger partial charge < -0.3 is 4.74 Å². The van der Waals surface area contributed by atoms with Gasteiger partial charge in [0, 0.05) is 18.7 Å². The molecule has 1 N–H and O–H groups in total. The molecule has 0 atom stereocenters. The molecule has 1 amide bonds. The van der Waals surface area contributed by atoms with Crippen molar-refractivity contribution in [2.45, 2.75) is 25.3 Å². The van der Waals surface area contributed by atoms with Gasteiger partial charge in [-0.05, 0) is 48.9 Å². The molecule has 0 aliphatic rings. The first-order valence-electron chi connectivity index (χ1n) is 10.9. The molecule has 3 aromatic carbocycles. The summed E-state index contributed by atoms with van der Waals surface area (Å²) in [6.07, 6.45) is 0. The number of hydrogen-bond donors (Lipinski definition) is 1. The lowest BCUT2D eigenvalue weighted by molar-refractivity contribution is 0.102. The summed E-state index contributed by atoms with van der Waals surface area (Å²) in [5.74, 6) is 0.305. The third-order valence-electron chi connectivity index (χ3n) is 5.21.